The largest absolute Gasteiger partial charge is 0.469 e. The third-order valence-electron chi connectivity index (χ3n) is 8.58. The third kappa shape index (κ3) is 14.1. The van der Waals surface area contributed by atoms with Crippen molar-refractivity contribution < 1.29 is 44.6 Å². The summed E-state index contributed by atoms with van der Waals surface area (Å²) in [4.78, 5) is 23.2. The summed E-state index contributed by atoms with van der Waals surface area (Å²) in [6.45, 7) is 18.0. The number of hydrogen-bond acceptors (Lipinski definition) is 9. The van der Waals surface area contributed by atoms with Gasteiger partial charge in [-0.25, -0.2) is 4.79 Å². The van der Waals surface area contributed by atoms with Crippen molar-refractivity contribution in [3.8, 4) is 0 Å². The monoisotopic (exact) mass is 625 g/mol. The summed E-state index contributed by atoms with van der Waals surface area (Å²) in [7, 11) is 1.23. The second kappa shape index (κ2) is 20.5. The summed E-state index contributed by atoms with van der Waals surface area (Å²) >= 11 is 0. The number of aliphatic hydroxyl groups excluding tert-OH is 5. The average molecular weight is 626 g/mol. The molecule has 0 radical (unpaired) electrons. The van der Waals surface area contributed by atoms with Crippen LogP contribution in [0.25, 0.3) is 0 Å². The van der Waals surface area contributed by atoms with Crippen molar-refractivity contribution in [1.29, 1.82) is 0 Å². The minimum absolute atomic E-state index is 0.0483. The third-order valence-corrected chi connectivity index (χ3v) is 8.58. The molecule has 0 aromatic carbocycles. The van der Waals surface area contributed by atoms with Crippen molar-refractivity contribution in [2.75, 3.05) is 7.11 Å². The molecule has 44 heavy (non-hydrogen) atoms. The lowest BCUT2D eigenvalue weighted by atomic mass is 9.81. The Labute approximate surface area is 264 Å². The van der Waals surface area contributed by atoms with Crippen LogP contribution >= 0.6 is 0 Å². The fraction of sp³-hybridized carbons (Fsp3) is 0.706. The second-order valence-electron chi connectivity index (χ2n) is 12.6. The molecule has 9 unspecified atom stereocenters. The number of carbonyl (C=O) groups excluding carboxylic acids is 2. The van der Waals surface area contributed by atoms with Gasteiger partial charge < -0.3 is 40.7 Å². The van der Waals surface area contributed by atoms with Gasteiger partial charge in [-0.1, -0.05) is 90.2 Å². The first-order valence-electron chi connectivity index (χ1n) is 15.5. The second-order valence-corrected chi connectivity index (χ2v) is 12.6. The molecule has 10 nitrogen and oxygen atoms in total. The van der Waals surface area contributed by atoms with Crippen LogP contribution in [0.4, 0.5) is 4.79 Å². The maximum Gasteiger partial charge on any atom is 0.404 e. The fourth-order valence-corrected chi connectivity index (χ4v) is 5.59. The van der Waals surface area contributed by atoms with Crippen LogP contribution in [0.5, 0.6) is 0 Å². The highest BCUT2D eigenvalue weighted by Gasteiger charge is 2.34. The van der Waals surface area contributed by atoms with Crippen molar-refractivity contribution in [1.82, 2.24) is 0 Å². The van der Waals surface area contributed by atoms with Gasteiger partial charge >= 0.3 is 12.1 Å². The van der Waals surface area contributed by atoms with Crippen LogP contribution < -0.4 is 5.73 Å². The summed E-state index contributed by atoms with van der Waals surface area (Å²) in [6, 6.07) is 0. The van der Waals surface area contributed by atoms with Crippen LogP contribution in [0.15, 0.2) is 48.6 Å². The summed E-state index contributed by atoms with van der Waals surface area (Å²) in [5.41, 5.74) is 6.28. The van der Waals surface area contributed by atoms with E-state index in [0.717, 1.165) is 5.57 Å². The molecule has 10 heteroatoms. The Balaban J connectivity index is 5.22. The Morgan fingerprint density at radius 3 is 1.93 bits per heavy atom. The van der Waals surface area contributed by atoms with Crippen LogP contribution in [0.1, 0.15) is 68.2 Å². The summed E-state index contributed by atoms with van der Waals surface area (Å²) < 4.78 is 10.0. The fourth-order valence-electron chi connectivity index (χ4n) is 5.59. The SMILES string of the molecule is C=C/C=C\C(C)C(OC(N)=O)C(C)C(O)C(C)C/C(C)=C\[C@H](C)[C@@H](O)[C@@H](C)/C=C\C(O)C[C@H](O)C(C)C(O)C(C)C(=O)OC. The average Bonchev–Trinajstić information content (AvgIpc) is 2.97. The molecule has 0 aromatic heterocycles. The zero-order chi connectivity index (χ0) is 34.3. The van der Waals surface area contributed by atoms with Crippen LogP contribution in [0.2, 0.25) is 0 Å². The highest BCUT2D eigenvalue weighted by atomic mass is 16.6. The van der Waals surface area contributed by atoms with Crippen LogP contribution in [-0.2, 0) is 14.3 Å². The molecule has 0 spiro atoms. The van der Waals surface area contributed by atoms with Crippen molar-refractivity contribution in [3.63, 3.8) is 0 Å². The number of nitrogens with two attached hydrogens (primary N) is 1. The topological polar surface area (TPSA) is 180 Å². The molecule has 0 saturated carbocycles. The minimum atomic E-state index is -1.13. The molecule has 13 atom stereocenters. The number of primary amides is 1. The highest BCUT2D eigenvalue weighted by molar-refractivity contribution is 5.72. The molecule has 0 bridgehead atoms. The molecule has 0 aliphatic rings. The van der Waals surface area contributed by atoms with Gasteiger partial charge in [0, 0.05) is 36.0 Å². The maximum atomic E-state index is 11.7. The lowest BCUT2D eigenvalue weighted by molar-refractivity contribution is -0.151. The lowest BCUT2D eigenvalue weighted by Gasteiger charge is -2.33. The first-order valence-corrected chi connectivity index (χ1v) is 15.5. The zero-order valence-electron chi connectivity index (χ0n) is 28.0. The number of methoxy groups -OCH3 is 1. The van der Waals surface area contributed by atoms with E-state index < -0.39 is 66.4 Å². The van der Waals surface area contributed by atoms with Crippen molar-refractivity contribution >= 4 is 12.1 Å². The van der Waals surface area contributed by atoms with E-state index in [9.17, 15) is 35.1 Å². The minimum Gasteiger partial charge on any atom is -0.469 e. The van der Waals surface area contributed by atoms with Gasteiger partial charge in [0.05, 0.1) is 43.5 Å². The van der Waals surface area contributed by atoms with Crippen LogP contribution in [-0.4, -0.2) is 81.3 Å². The number of allylic oxidation sites excluding steroid dienone is 3. The molecular weight excluding hydrogens is 566 g/mol. The number of esters is 1. The Hall–Kier alpha value is -2.50. The normalized spacial score (nSPS) is 21.6. The van der Waals surface area contributed by atoms with Gasteiger partial charge in [-0.15, -0.1) is 0 Å². The van der Waals surface area contributed by atoms with E-state index in [0.29, 0.717) is 6.42 Å². The Kier molecular flexibility index (Phi) is 19.3. The van der Waals surface area contributed by atoms with E-state index in [1.807, 2.05) is 53.7 Å². The molecule has 0 aliphatic heterocycles. The quantitative estimate of drug-likeness (QED) is 0.0664. The van der Waals surface area contributed by atoms with Gasteiger partial charge in [0.25, 0.3) is 0 Å². The van der Waals surface area contributed by atoms with Gasteiger partial charge in [-0.05, 0) is 26.2 Å². The molecule has 254 valence electrons. The summed E-state index contributed by atoms with van der Waals surface area (Å²) in [5, 5.41) is 53.3. The van der Waals surface area contributed by atoms with Crippen LogP contribution in [0, 0.1) is 41.4 Å². The van der Waals surface area contributed by atoms with E-state index in [2.05, 4.69) is 11.3 Å². The van der Waals surface area contributed by atoms with E-state index in [4.69, 9.17) is 10.5 Å². The molecule has 0 saturated heterocycles. The standard InChI is InChI=1S/C34H59NO9/c1-11-12-13-21(4)32(44-34(35)42)25(8)30(39)23(6)17-19(2)16-22(5)29(38)20(3)14-15-27(36)18-28(37)24(7)31(40)26(9)33(41)43-10/h11-16,20-32,36-40H,1,17-18H2,2-10H3,(H2,35,42)/b13-12-,15-14-,19-16-/t20-,21?,22-,23?,24?,25?,26?,27?,28-,29-,30?,31?,32?/m0/s1. The van der Waals surface area contributed by atoms with E-state index in [1.54, 1.807) is 25.2 Å². The molecule has 0 heterocycles. The first kappa shape index (κ1) is 41.5. The van der Waals surface area contributed by atoms with Crippen molar-refractivity contribution in [2.45, 2.75) is 105 Å². The summed E-state index contributed by atoms with van der Waals surface area (Å²) in [6.07, 6.45) is 4.62. The van der Waals surface area contributed by atoms with E-state index >= 15 is 0 Å². The number of hydrogen-bond donors (Lipinski definition) is 6. The molecule has 0 fully saturated rings. The number of rotatable bonds is 20. The number of ether oxygens (including phenoxy) is 2. The van der Waals surface area contributed by atoms with E-state index in [1.165, 1.54) is 20.1 Å². The maximum absolute atomic E-state index is 11.7. The lowest BCUT2D eigenvalue weighted by Crippen LogP contribution is -2.41. The number of aliphatic hydroxyl groups is 5. The van der Waals surface area contributed by atoms with E-state index in [-0.39, 0.29) is 30.1 Å². The van der Waals surface area contributed by atoms with Crippen LogP contribution in [0.3, 0.4) is 0 Å². The Bertz CT molecular complexity index is 964. The van der Waals surface area contributed by atoms with Gasteiger partial charge in [0.1, 0.15) is 6.10 Å². The predicted octanol–water partition coefficient (Wildman–Crippen LogP) is 3.91. The zero-order valence-corrected chi connectivity index (χ0v) is 28.0. The molecule has 1 amide bonds. The molecule has 7 N–H and O–H groups in total. The Morgan fingerprint density at radius 2 is 1.41 bits per heavy atom. The van der Waals surface area contributed by atoms with Crippen molar-refractivity contribution in [3.05, 3.63) is 48.6 Å². The molecule has 0 aromatic rings. The van der Waals surface area contributed by atoms with Gasteiger partial charge in [0.15, 0.2) is 0 Å². The number of amides is 1. The van der Waals surface area contributed by atoms with Gasteiger partial charge in [-0.3, -0.25) is 4.79 Å². The smallest absolute Gasteiger partial charge is 0.404 e. The van der Waals surface area contributed by atoms with Gasteiger partial charge in [0.2, 0.25) is 0 Å². The number of carbonyl (C=O) groups is 2. The molecule has 0 rings (SSSR count). The molecule has 0 aliphatic carbocycles. The highest BCUT2D eigenvalue weighted by Crippen LogP contribution is 2.29. The molecular formula is C34H59NO9. The Morgan fingerprint density at radius 1 is 0.818 bits per heavy atom. The summed E-state index contributed by atoms with van der Waals surface area (Å²) in [5.74, 6) is -3.37. The first-order chi connectivity index (χ1) is 20.4. The predicted molar refractivity (Wildman–Crippen MR) is 172 cm³/mol. The van der Waals surface area contributed by atoms with Crippen molar-refractivity contribution in [2.24, 2.45) is 47.2 Å². The van der Waals surface area contributed by atoms with Gasteiger partial charge in [-0.2, -0.15) is 0 Å².